The van der Waals surface area contributed by atoms with Crippen LogP contribution in [-0.2, 0) is 5.41 Å². The highest BCUT2D eigenvalue weighted by Crippen LogP contribution is 2.60. The summed E-state index contributed by atoms with van der Waals surface area (Å²) in [5.41, 5.74) is 18.6. The number of hydrogen-bond donors (Lipinski definition) is 0. The van der Waals surface area contributed by atoms with Gasteiger partial charge in [-0.15, -0.1) is 0 Å². The van der Waals surface area contributed by atoms with Gasteiger partial charge in [-0.1, -0.05) is 218 Å². The van der Waals surface area contributed by atoms with E-state index < -0.39 is 5.41 Å². The van der Waals surface area contributed by atoms with Crippen LogP contribution in [0.3, 0.4) is 0 Å². The van der Waals surface area contributed by atoms with E-state index in [0.717, 1.165) is 28.3 Å². The fourth-order valence-electron chi connectivity index (χ4n) is 11.3. The minimum absolute atomic E-state index is 0.542. The van der Waals surface area contributed by atoms with Crippen molar-refractivity contribution in [3.63, 3.8) is 0 Å². The van der Waals surface area contributed by atoms with Crippen LogP contribution in [0.1, 0.15) is 22.3 Å². The lowest BCUT2D eigenvalue weighted by atomic mass is 9.68. The van der Waals surface area contributed by atoms with Gasteiger partial charge in [0.25, 0.3) is 0 Å². The van der Waals surface area contributed by atoms with Gasteiger partial charge < -0.3 is 9.47 Å². The molecular formula is C65H44N2. The molecule has 0 saturated heterocycles. The van der Waals surface area contributed by atoms with E-state index in [0.29, 0.717) is 0 Å². The number of para-hydroxylation sites is 2. The number of rotatable bonds is 8. The first kappa shape index (κ1) is 38.7. The van der Waals surface area contributed by atoms with Crippen molar-refractivity contribution in [1.82, 2.24) is 4.57 Å². The average Bonchev–Trinajstić information content (AvgIpc) is 3.91. The Bertz CT molecular complexity index is 3740. The first-order valence-corrected chi connectivity index (χ1v) is 23.2. The Balaban J connectivity index is 1.10. The Morgan fingerprint density at radius 2 is 0.896 bits per heavy atom. The number of fused-ring (bicyclic) bond motifs is 7. The summed E-state index contributed by atoms with van der Waals surface area (Å²) in [5.74, 6) is 0. The molecule has 0 amide bonds. The van der Waals surface area contributed by atoms with E-state index in [1.807, 2.05) is 0 Å². The molecule has 2 nitrogen and oxygen atoms in total. The minimum Gasteiger partial charge on any atom is -0.309 e. The minimum atomic E-state index is -0.542. The molecular weight excluding hydrogens is 809 g/mol. The number of nitrogens with zero attached hydrogens (tertiary/aromatic N) is 2. The molecule has 1 aromatic heterocycles. The van der Waals surface area contributed by atoms with Crippen LogP contribution >= 0.6 is 0 Å². The van der Waals surface area contributed by atoms with E-state index in [9.17, 15) is 0 Å². The normalized spacial score (nSPS) is 12.6. The van der Waals surface area contributed by atoms with E-state index in [-0.39, 0.29) is 0 Å². The number of aromatic nitrogens is 1. The fourth-order valence-corrected chi connectivity index (χ4v) is 11.3. The van der Waals surface area contributed by atoms with Crippen LogP contribution < -0.4 is 4.90 Å². The molecule has 11 aromatic carbocycles. The zero-order valence-electron chi connectivity index (χ0n) is 36.8. The molecule has 314 valence electrons. The number of anilines is 3. The van der Waals surface area contributed by atoms with Gasteiger partial charge in [0, 0.05) is 27.7 Å². The van der Waals surface area contributed by atoms with E-state index in [4.69, 9.17) is 0 Å². The summed E-state index contributed by atoms with van der Waals surface area (Å²) in [4.78, 5) is 2.54. The number of hydrogen-bond acceptors (Lipinski definition) is 1. The first-order chi connectivity index (χ1) is 33.3. The van der Waals surface area contributed by atoms with Gasteiger partial charge in [-0.2, -0.15) is 0 Å². The predicted octanol–water partition coefficient (Wildman–Crippen LogP) is 17.1. The van der Waals surface area contributed by atoms with Crippen molar-refractivity contribution in [2.75, 3.05) is 4.90 Å². The quantitative estimate of drug-likeness (QED) is 0.148. The zero-order chi connectivity index (χ0) is 44.3. The summed E-state index contributed by atoms with van der Waals surface area (Å²) >= 11 is 0. The molecule has 1 aliphatic carbocycles. The molecule has 67 heavy (non-hydrogen) atoms. The highest BCUT2D eigenvalue weighted by Gasteiger charge is 2.47. The second-order valence-electron chi connectivity index (χ2n) is 17.5. The van der Waals surface area contributed by atoms with Crippen LogP contribution in [0.4, 0.5) is 17.1 Å². The molecule has 0 unspecified atom stereocenters. The second kappa shape index (κ2) is 15.8. The third-order valence-electron chi connectivity index (χ3n) is 14.1. The van der Waals surface area contributed by atoms with Crippen molar-refractivity contribution in [1.29, 1.82) is 0 Å². The molecule has 0 N–H and O–H groups in total. The Kier molecular flexibility index (Phi) is 9.11. The van der Waals surface area contributed by atoms with Crippen molar-refractivity contribution in [2.45, 2.75) is 5.41 Å². The van der Waals surface area contributed by atoms with Gasteiger partial charge in [-0.05, 0) is 109 Å². The van der Waals surface area contributed by atoms with Crippen molar-refractivity contribution >= 4 is 49.6 Å². The summed E-state index contributed by atoms with van der Waals surface area (Å²) < 4.78 is 2.42. The average molecular weight is 853 g/mol. The third kappa shape index (κ3) is 5.97. The largest absolute Gasteiger partial charge is 0.309 e. The van der Waals surface area contributed by atoms with Crippen LogP contribution in [0.5, 0.6) is 0 Å². The molecule has 0 atom stereocenters. The predicted molar refractivity (Wildman–Crippen MR) is 281 cm³/mol. The molecule has 0 spiro atoms. The van der Waals surface area contributed by atoms with Crippen molar-refractivity contribution in [3.8, 4) is 39.1 Å². The Morgan fingerprint density at radius 1 is 0.328 bits per heavy atom. The summed E-state index contributed by atoms with van der Waals surface area (Å²) in [6, 6.07) is 98.1. The van der Waals surface area contributed by atoms with Crippen LogP contribution in [0.25, 0.3) is 71.6 Å². The Morgan fingerprint density at radius 3 is 1.64 bits per heavy atom. The highest BCUT2D eigenvalue weighted by atomic mass is 15.2. The molecule has 2 heteroatoms. The van der Waals surface area contributed by atoms with Crippen molar-refractivity contribution in [3.05, 3.63) is 289 Å². The summed E-state index contributed by atoms with van der Waals surface area (Å²) in [6.07, 6.45) is 0. The van der Waals surface area contributed by atoms with Crippen molar-refractivity contribution < 1.29 is 0 Å². The molecule has 13 rings (SSSR count). The van der Waals surface area contributed by atoms with E-state index in [2.05, 4.69) is 276 Å². The molecule has 0 fully saturated rings. The maximum Gasteiger partial charge on any atom is 0.0714 e. The van der Waals surface area contributed by atoms with E-state index >= 15 is 0 Å². The Labute approximate surface area is 390 Å². The SMILES string of the molecule is c1ccc(-c2c(-c3ccc(N(c4cccc5c4-c4ccccc4C5(c4ccccc4)c4ccccc4)c4cccc5c4c4ccccc4n5-c4ccccc4)cc3)ccc3ccccc23)cc1. The third-order valence-corrected chi connectivity index (χ3v) is 14.1. The van der Waals surface area contributed by atoms with Gasteiger partial charge in [0.1, 0.15) is 0 Å². The lowest BCUT2D eigenvalue weighted by Gasteiger charge is -2.34. The van der Waals surface area contributed by atoms with Crippen LogP contribution in [0.15, 0.2) is 267 Å². The lowest BCUT2D eigenvalue weighted by molar-refractivity contribution is 0.768. The molecule has 0 bridgehead atoms. The smallest absolute Gasteiger partial charge is 0.0714 e. The molecule has 1 heterocycles. The second-order valence-corrected chi connectivity index (χ2v) is 17.5. The first-order valence-electron chi connectivity index (χ1n) is 23.2. The van der Waals surface area contributed by atoms with Gasteiger partial charge in [0.15, 0.2) is 0 Å². The fraction of sp³-hybridized carbons (Fsp3) is 0.0154. The lowest BCUT2D eigenvalue weighted by Crippen LogP contribution is -2.28. The van der Waals surface area contributed by atoms with Gasteiger partial charge in [-0.25, -0.2) is 0 Å². The van der Waals surface area contributed by atoms with E-state index in [1.54, 1.807) is 0 Å². The molecule has 1 aliphatic rings. The molecule has 12 aromatic rings. The van der Waals surface area contributed by atoms with Gasteiger partial charge in [0.2, 0.25) is 0 Å². The Hall–Kier alpha value is -8.72. The van der Waals surface area contributed by atoms with Crippen LogP contribution in [-0.4, -0.2) is 4.57 Å². The van der Waals surface area contributed by atoms with Crippen LogP contribution in [0, 0.1) is 0 Å². The van der Waals surface area contributed by atoms with Gasteiger partial charge in [-0.3, -0.25) is 0 Å². The van der Waals surface area contributed by atoms with E-state index in [1.165, 1.54) is 82.7 Å². The molecule has 0 radical (unpaired) electrons. The topological polar surface area (TPSA) is 8.17 Å². The van der Waals surface area contributed by atoms with Crippen LogP contribution in [0.2, 0.25) is 0 Å². The standard InChI is InChI=1S/C65H44N2/c1-5-22-47(23-6-1)62-52-30-14-13-21-45(52)41-44-53(62)46-39-42-51(43-40-46)67(61-38-20-37-60-64(61)55-32-16-18-35-58(55)66(60)50-28-11-4-12-29-50)59-36-19-34-57-63(59)54-31-15-17-33-56(54)65(57,48-24-7-2-8-25-48)49-26-9-3-10-27-49/h1-44H. The summed E-state index contributed by atoms with van der Waals surface area (Å²) in [5, 5.41) is 4.89. The molecule has 0 saturated carbocycles. The maximum atomic E-state index is 2.54. The summed E-state index contributed by atoms with van der Waals surface area (Å²) in [6.45, 7) is 0. The van der Waals surface area contributed by atoms with Crippen molar-refractivity contribution in [2.24, 2.45) is 0 Å². The monoisotopic (exact) mass is 852 g/mol. The zero-order valence-corrected chi connectivity index (χ0v) is 36.8. The van der Waals surface area contributed by atoms with Gasteiger partial charge >= 0.3 is 0 Å². The summed E-state index contributed by atoms with van der Waals surface area (Å²) in [7, 11) is 0. The molecule has 0 aliphatic heterocycles. The maximum absolute atomic E-state index is 2.54. The highest BCUT2D eigenvalue weighted by molar-refractivity contribution is 6.17. The number of benzene rings is 11. The van der Waals surface area contributed by atoms with Gasteiger partial charge in [0.05, 0.1) is 27.8 Å².